The average Bonchev–Trinajstić information content (AvgIpc) is 2.79. The lowest BCUT2D eigenvalue weighted by molar-refractivity contribution is 0.101. The van der Waals surface area contributed by atoms with Gasteiger partial charge in [0.1, 0.15) is 5.82 Å². The molecule has 6 nitrogen and oxygen atoms in total. The largest absolute Gasteiger partial charge is 0.338 e. The Morgan fingerprint density at radius 3 is 2.15 bits per heavy atom. The number of rotatable bonds is 9. The molecule has 0 aromatic heterocycles. The number of hydrogen-bond donors (Lipinski definition) is 2. The molecule has 1 aliphatic heterocycles. The van der Waals surface area contributed by atoms with Gasteiger partial charge in [0.05, 0.1) is 0 Å². The first-order valence-electron chi connectivity index (χ1n) is 11.5. The van der Waals surface area contributed by atoms with Gasteiger partial charge in [-0.15, -0.1) is 0 Å². The summed E-state index contributed by atoms with van der Waals surface area (Å²) in [6, 6.07) is 11.1. The summed E-state index contributed by atoms with van der Waals surface area (Å²) >= 11 is 0. The van der Waals surface area contributed by atoms with Crippen LogP contribution < -0.4 is 10.6 Å². The second kappa shape index (κ2) is 11.7. The second-order valence-electron chi connectivity index (χ2n) is 8.76. The van der Waals surface area contributed by atoms with Crippen LogP contribution in [0.1, 0.15) is 59.4 Å². The predicted octanol–water partition coefficient (Wildman–Crippen LogP) is 4.70. The van der Waals surface area contributed by atoms with E-state index in [1.807, 2.05) is 12.1 Å². The van der Waals surface area contributed by atoms with E-state index >= 15 is 0 Å². The van der Waals surface area contributed by atoms with Crippen LogP contribution >= 0.6 is 0 Å². The van der Waals surface area contributed by atoms with Crippen LogP contribution in [0.2, 0.25) is 0 Å². The van der Waals surface area contributed by atoms with Crippen molar-refractivity contribution in [2.45, 2.75) is 39.5 Å². The van der Waals surface area contributed by atoms with Gasteiger partial charge in [-0.2, -0.15) is 0 Å². The standard InChI is InChI=1S/C26H32FN3O3/c1-18(31)22-15-23(19(2)32)17-25(16-22)29-26(33)28-10-3-11-30-12-8-21(9-13-30)14-20-4-6-24(27)7-5-20/h4-7,15-17,21H,3,8-14H2,1-2H3,(H2,28,29,33). The Bertz CT molecular complexity index is 951. The molecular formula is C26H32FN3O3. The fourth-order valence-corrected chi connectivity index (χ4v) is 4.15. The molecule has 33 heavy (non-hydrogen) atoms. The third kappa shape index (κ3) is 7.79. The van der Waals surface area contributed by atoms with Crippen LogP contribution in [0.15, 0.2) is 42.5 Å². The maximum atomic E-state index is 13.1. The molecule has 2 N–H and O–H groups in total. The van der Waals surface area contributed by atoms with Crippen molar-refractivity contribution in [3.63, 3.8) is 0 Å². The Morgan fingerprint density at radius 1 is 0.970 bits per heavy atom. The van der Waals surface area contributed by atoms with Crippen LogP contribution in [0.4, 0.5) is 14.9 Å². The Hall–Kier alpha value is -3.06. The van der Waals surface area contributed by atoms with Crippen molar-refractivity contribution < 1.29 is 18.8 Å². The first-order chi connectivity index (χ1) is 15.8. The molecule has 0 saturated carbocycles. The monoisotopic (exact) mass is 453 g/mol. The fraction of sp³-hybridized carbons (Fsp3) is 0.423. The van der Waals surface area contributed by atoms with E-state index in [-0.39, 0.29) is 23.4 Å². The van der Waals surface area contributed by atoms with Crippen LogP contribution in [-0.2, 0) is 6.42 Å². The summed E-state index contributed by atoms with van der Waals surface area (Å²) in [6.07, 6.45) is 4.07. The number of halogens is 1. The second-order valence-corrected chi connectivity index (χ2v) is 8.76. The minimum Gasteiger partial charge on any atom is -0.338 e. The molecule has 2 amide bonds. The van der Waals surface area contributed by atoms with Crippen molar-refractivity contribution in [1.29, 1.82) is 0 Å². The summed E-state index contributed by atoms with van der Waals surface area (Å²) in [5.41, 5.74) is 2.39. The summed E-state index contributed by atoms with van der Waals surface area (Å²) in [6.45, 7) is 6.36. The Labute approximate surface area is 194 Å². The molecule has 0 radical (unpaired) electrons. The van der Waals surface area contributed by atoms with E-state index in [1.54, 1.807) is 12.1 Å². The molecule has 7 heteroatoms. The van der Waals surface area contributed by atoms with Crippen LogP contribution in [-0.4, -0.2) is 48.7 Å². The molecule has 1 heterocycles. The molecule has 2 aromatic carbocycles. The molecular weight excluding hydrogens is 421 g/mol. The van der Waals surface area contributed by atoms with Crippen molar-refractivity contribution in [2.75, 3.05) is 31.5 Å². The lowest BCUT2D eigenvalue weighted by Gasteiger charge is -2.32. The highest BCUT2D eigenvalue weighted by Gasteiger charge is 2.19. The third-order valence-electron chi connectivity index (χ3n) is 6.09. The first-order valence-corrected chi connectivity index (χ1v) is 11.5. The zero-order valence-electron chi connectivity index (χ0n) is 19.3. The van der Waals surface area contributed by atoms with Gasteiger partial charge in [-0.3, -0.25) is 9.59 Å². The van der Waals surface area contributed by atoms with Crippen LogP contribution in [0.5, 0.6) is 0 Å². The number of benzene rings is 2. The van der Waals surface area contributed by atoms with E-state index in [0.29, 0.717) is 29.3 Å². The van der Waals surface area contributed by atoms with E-state index in [9.17, 15) is 18.8 Å². The summed E-state index contributed by atoms with van der Waals surface area (Å²) in [5.74, 6) is 0.105. The van der Waals surface area contributed by atoms with Gasteiger partial charge >= 0.3 is 6.03 Å². The Kier molecular flexibility index (Phi) is 8.72. The topological polar surface area (TPSA) is 78.5 Å². The van der Waals surface area contributed by atoms with Crippen molar-refractivity contribution in [3.05, 3.63) is 65.0 Å². The number of nitrogens with one attached hydrogen (secondary N) is 2. The SMILES string of the molecule is CC(=O)c1cc(NC(=O)NCCCN2CCC(Cc3ccc(F)cc3)CC2)cc(C(C)=O)c1. The van der Waals surface area contributed by atoms with E-state index in [0.717, 1.165) is 45.3 Å². The number of Topliss-reactive ketones (excluding diaryl/α,β-unsaturated/α-hetero) is 2. The van der Waals surface area contributed by atoms with Crippen LogP contribution in [0.25, 0.3) is 0 Å². The zero-order chi connectivity index (χ0) is 23.8. The lowest BCUT2D eigenvalue weighted by atomic mass is 9.90. The number of nitrogens with zero attached hydrogens (tertiary/aromatic N) is 1. The molecule has 0 aliphatic carbocycles. The first kappa shape index (κ1) is 24.6. The molecule has 0 unspecified atom stereocenters. The summed E-state index contributed by atoms with van der Waals surface area (Å²) in [5, 5.41) is 5.55. The molecule has 2 aromatic rings. The van der Waals surface area contributed by atoms with Crippen molar-refractivity contribution >= 4 is 23.3 Å². The number of anilines is 1. The smallest absolute Gasteiger partial charge is 0.319 e. The molecule has 1 aliphatic rings. The van der Waals surface area contributed by atoms with E-state index in [1.165, 1.54) is 37.6 Å². The molecule has 3 rings (SSSR count). The van der Waals surface area contributed by atoms with Crippen molar-refractivity contribution in [1.82, 2.24) is 10.2 Å². The molecule has 176 valence electrons. The fourth-order valence-electron chi connectivity index (χ4n) is 4.15. The number of carbonyl (C=O) groups excluding carboxylic acids is 3. The van der Waals surface area contributed by atoms with Gasteiger partial charge in [-0.1, -0.05) is 12.1 Å². The zero-order valence-corrected chi connectivity index (χ0v) is 19.3. The number of piperidine rings is 1. The van der Waals surface area contributed by atoms with Crippen LogP contribution in [0.3, 0.4) is 0 Å². The third-order valence-corrected chi connectivity index (χ3v) is 6.09. The van der Waals surface area contributed by atoms with E-state index in [2.05, 4.69) is 15.5 Å². The number of amides is 2. The highest BCUT2D eigenvalue weighted by Crippen LogP contribution is 2.22. The molecule has 0 atom stereocenters. The van der Waals surface area contributed by atoms with Gasteiger partial charge in [-0.25, -0.2) is 9.18 Å². The molecule has 0 bridgehead atoms. The van der Waals surface area contributed by atoms with Crippen LogP contribution in [0, 0.1) is 11.7 Å². The Balaban J connectivity index is 1.36. The number of ketones is 2. The maximum absolute atomic E-state index is 13.1. The maximum Gasteiger partial charge on any atom is 0.319 e. The molecule has 1 saturated heterocycles. The quantitative estimate of drug-likeness (QED) is 0.426. The highest BCUT2D eigenvalue weighted by atomic mass is 19.1. The lowest BCUT2D eigenvalue weighted by Crippen LogP contribution is -2.37. The highest BCUT2D eigenvalue weighted by molar-refractivity contribution is 6.02. The van der Waals surface area contributed by atoms with Gasteiger partial charge < -0.3 is 15.5 Å². The number of carbonyl (C=O) groups is 3. The van der Waals surface area contributed by atoms with Gasteiger partial charge in [0, 0.05) is 23.4 Å². The molecule has 1 fully saturated rings. The predicted molar refractivity (Wildman–Crippen MR) is 127 cm³/mol. The van der Waals surface area contributed by atoms with Crippen molar-refractivity contribution in [2.24, 2.45) is 5.92 Å². The summed E-state index contributed by atoms with van der Waals surface area (Å²) in [7, 11) is 0. The van der Waals surface area contributed by atoms with Gasteiger partial charge in [0.25, 0.3) is 0 Å². The Morgan fingerprint density at radius 2 is 1.58 bits per heavy atom. The average molecular weight is 454 g/mol. The summed E-state index contributed by atoms with van der Waals surface area (Å²) in [4.78, 5) is 38.0. The van der Waals surface area contributed by atoms with Gasteiger partial charge in [0.2, 0.25) is 0 Å². The normalized spacial score (nSPS) is 14.6. The number of hydrogen-bond acceptors (Lipinski definition) is 4. The minimum atomic E-state index is -0.358. The van der Waals surface area contributed by atoms with Crippen molar-refractivity contribution in [3.8, 4) is 0 Å². The number of likely N-dealkylation sites (tertiary alicyclic amines) is 1. The minimum absolute atomic E-state index is 0.164. The van der Waals surface area contributed by atoms with Gasteiger partial charge in [0.15, 0.2) is 11.6 Å². The van der Waals surface area contributed by atoms with E-state index < -0.39 is 0 Å². The molecule has 0 spiro atoms. The van der Waals surface area contributed by atoms with E-state index in [4.69, 9.17) is 0 Å². The summed E-state index contributed by atoms with van der Waals surface area (Å²) < 4.78 is 13.1. The van der Waals surface area contributed by atoms with Gasteiger partial charge in [-0.05, 0) is 101 Å². The number of urea groups is 1.